The molecule has 2 N–H and O–H groups in total. The highest BCUT2D eigenvalue weighted by Crippen LogP contribution is 2.33. The number of anilines is 1. The number of H-pyrrole nitrogens is 1. The number of carbonyl (C=O) groups excluding carboxylic acids is 2. The Labute approximate surface area is 192 Å². The Balaban J connectivity index is 1.79. The summed E-state index contributed by atoms with van der Waals surface area (Å²) in [4.78, 5) is 45.0. The topological polar surface area (TPSA) is 125 Å². The molecule has 0 saturated carbocycles. The summed E-state index contributed by atoms with van der Waals surface area (Å²) in [6.45, 7) is 5.62. The molecule has 164 valence electrons. The Morgan fingerprint density at radius 2 is 2.00 bits per heavy atom. The van der Waals surface area contributed by atoms with Gasteiger partial charge in [0.05, 0.1) is 23.6 Å². The van der Waals surface area contributed by atoms with Gasteiger partial charge in [0, 0.05) is 10.4 Å². The first-order chi connectivity index (χ1) is 15.3. The van der Waals surface area contributed by atoms with E-state index in [9.17, 15) is 19.6 Å². The number of benzene rings is 1. The number of thioether (sulfide) groups is 1. The molecule has 0 saturated heterocycles. The molecule has 0 unspecified atom stereocenters. The fourth-order valence-electron chi connectivity index (χ4n) is 2.89. The van der Waals surface area contributed by atoms with Crippen molar-refractivity contribution in [2.24, 2.45) is 0 Å². The van der Waals surface area contributed by atoms with Crippen molar-refractivity contribution in [1.82, 2.24) is 9.97 Å². The molecule has 0 fully saturated rings. The Morgan fingerprint density at radius 1 is 1.28 bits per heavy atom. The monoisotopic (exact) mass is 468 g/mol. The molecule has 3 rings (SSSR count). The number of hydrogen-bond donors (Lipinski definition) is 2. The SMILES string of the molecule is CCOC(=O)c1c(NC(=O)CSc2nc(-c3ccccc3)c(C#N)c(=O)[nH]2)sc(C)c1C. The summed E-state index contributed by atoms with van der Waals surface area (Å²) in [6, 6.07) is 10.8. The van der Waals surface area contributed by atoms with Crippen molar-refractivity contribution in [3.8, 4) is 17.3 Å². The average molecular weight is 469 g/mol. The van der Waals surface area contributed by atoms with E-state index >= 15 is 0 Å². The fourth-order valence-corrected chi connectivity index (χ4v) is 4.62. The van der Waals surface area contributed by atoms with Crippen LogP contribution >= 0.6 is 23.1 Å². The summed E-state index contributed by atoms with van der Waals surface area (Å²) in [5.41, 5.74) is 1.34. The number of ether oxygens (including phenoxy) is 1. The van der Waals surface area contributed by atoms with Gasteiger partial charge in [-0.25, -0.2) is 9.78 Å². The summed E-state index contributed by atoms with van der Waals surface area (Å²) in [7, 11) is 0. The van der Waals surface area contributed by atoms with Crippen molar-refractivity contribution in [3.05, 3.63) is 62.3 Å². The minimum Gasteiger partial charge on any atom is -0.462 e. The summed E-state index contributed by atoms with van der Waals surface area (Å²) in [5, 5.41) is 12.7. The number of aromatic amines is 1. The lowest BCUT2D eigenvalue weighted by Crippen LogP contribution is -2.18. The van der Waals surface area contributed by atoms with Crippen LogP contribution in [0.25, 0.3) is 11.3 Å². The number of amides is 1. The normalized spacial score (nSPS) is 10.4. The number of aromatic nitrogens is 2. The second-order valence-corrected chi connectivity index (χ2v) is 8.81. The van der Waals surface area contributed by atoms with Crippen LogP contribution in [0.15, 0.2) is 40.3 Å². The van der Waals surface area contributed by atoms with Gasteiger partial charge in [-0.3, -0.25) is 9.59 Å². The smallest absolute Gasteiger partial charge is 0.341 e. The zero-order valence-corrected chi connectivity index (χ0v) is 19.3. The van der Waals surface area contributed by atoms with Gasteiger partial charge in [-0.15, -0.1) is 11.3 Å². The highest BCUT2D eigenvalue weighted by molar-refractivity contribution is 7.99. The van der Waals surface area contributed by atoms with E-state index in [0.717, 1.165) is 22.2 Å². The van der Waals surface area contributed by atoms with Crippen LogP contribution in [0.4, 0.5) is 5.00 Å². The van der Waals surface area contributed by atoms with Crippen LogP contribution in [0.5, 0.6) is 0 Å². The van der Waals surface area contributed by atoms with Gasteiger partial charge in [0.15, 0.2) is 5.16 Å². The second kappa shape index (κ2) is 10.3. The molecule has 3 aromatic rings. The summed E-state index contributed by atoms with van der Waals surface area (Å²) >= 11 is 2.33. The van der Waals surface area contributed by atoms with E-state index in [-0.39, 0.29) is 34.7 Å². The predicted octanol–water partition coefficient (Wildman–Crippen LogP) is 3.89. The van der Waals surface area contributed by atoms with E-state index in [4.69, 9.17) is 4.74 Å². The van der Waals surface area contributed by atoms with E-state index in [1.165, 1.54) is 11.3 Å². The third kappa shape index (κ3) is 5.07. The van der Waals surface area contributed by atoms with Crippen molar-refractivity contribution < 1.29 is 14.3 Å². The number of nitrogens with one attached hydrogen (secondary N) is 2. The second-order valence-electron chi connectivity index (χ2n) is 6.62. The molecule has 0 atom stereocenters. The molecule has 0 radical (unpaired) electrons. The first kappa shape index (κ1) is 23.2. The Hall–Kier alpha value is -3.42. The van der Waals surface area contributed by atoms with Crippen molar-refractivity contribution in [3.63, 3.8) is 0 Å². The van der Waals surface area contributed by atoms with Gasteiger partial charge in [0.2, 0.25) is 5.91 Å². The molecule has 8 nitrogen and oxygen atoms in total. The van der Waals surface area contributed by atoms with Gasteiger partial charge in [-0.05, 0) is 26.3 Å². The van der Waals surface area contributed by atoms with E-state index in [1.54, 1.807) is 38.1 Å². The summed E-state index contributed by atoms with van der Waals surface area (Å²) in [5.74, 6) is -0.903. The largest absolute Gasteiger partial charge is 0.462 e. The van der Waals surface area contributed by atoms with Crippen molar-refractivity contribution in [2.75, 3.05) is 17.7 Å². The Kier molecular flexibility index (Phi) is 7.45. The number of aryl methyl sites for hydroxylation is 1. The number of hydrogen-bond acceptors (Lipinski definition) is 8. The molecule has 0 spiro atoms. The van der Waals surface area contributed by atoms with Crippen LogP contribution in [0, 0.1) is 25.2 Å². The lowest BCUT2D eigenvalue weighted by molar-refractivity contribution is -0.113. The first-order valence-corrected chi connectivity index (χ1v) is 11.5. The van der Waals surface area contributed by atoms with Gasteiger partial charge in [-0.1, -0.05) is 42.1 Å². The molecule has 0 aliphatic carbocycles. The number of nitrogens with zero attached hydrogens (tertiary/aromatic N) is 2. The fraction of sp³-hybridized carbons (Fsp3) is 0.227. The van der Waals surface area contributed by atoms with E-state index < -0.39 is 11.5 Å². The average Bonchev–Trinajstić information content (AvgIpc) is 3.05. The van der Waals surface area contributed by atoms with Crippen LogP contribution in [0.3, 0.4) is 0 Å². The molecule has 1 amide bonds. The predicted molar refractivity (Wildman–Crippen MR) is 124 cm³/mol. The van der Waals surface area contributed by atoms with Crippen LogP contribution in [-0.2, 0) is 9.53 Å². The van der Waals surface area contributed by atoms with Gasteiger partial charge in [-0.2, -0.15) is 5.26 Å². The standard InChI is InChI=1S/C22H20N4O4S2/c1-4-30-21(29)17-12(2)13(3)32-20(17)24-16(27)11-31-22-25-18(14-8-6-5-7-9-14)15(10-23)19(28)26-22/h5-9H,4,11H2,1-3H3,(H,24,27)(H,25,26,28). The lowest BCUT2D eigenvalue weighted by atomic mass is 10.1. The van der Waals surface area contributed by atoms with Crippen molar-refractivity contribution in [1.29, 1.82) is 5.26 Å². The zero-order chi connectivity index (χ0) is 23.3. The molecule has 0 aliphatic rings. The lowest BCUT2D eigenvalue weighted by Gasteiger charge is -2.08. The molecular weight excluding hydrogens is 448 g/mol. The first-order valence-electron chi connectivity index (χ1n) is 9.65. The molecule has 2 heterocycles. The summed E-state index contributed by atoms with van der Waals surface area (Å²) in [6.07, 6.45) is 0. The maximum absolute atomic E-state index is 12.6. The molecule has 32 heavy (non-hydrogen) atoms. The number of esters is 1. The molecular formula is C22H20N4O4S2. The summed E-state index contributed by atoms with van der Waals surface area (Å²) < 4.78 is 5.10. The van der Waals surface area contributed by atoms with Gasteiger partial charge < -0.3 is 15.0 Å². The van der Waals surface area contributed by atoms with E-state index in [2.05, 4.69) is 15.3 Å². The molecule has 2 aromatic heterocycles. The molecule has 0 aliphatic heterocycles. The maximum atomic E-state index is 12.6. The quantitative estimate of drug-likeness (QED) is 0.306. The number of carbonyl (C=O) groups is 2. The number of thiophene rings is 1. The highest BCUT2D eigenvalue weighted by atomic mass is 32.2. The van der Waals surface area contributed by atoms with E-state index in [1.807, 2.05) is 19.1 Å². The van der Waals surface area contributed by atoms with Gasteiger partial charge in [0.1, 0.15) is 16.6 Å². The Bertz CT molecular complexity index is 1260. The number of rotatable bonds is 7. The van der Waals surface area contributed by atoms with E-state index in [0.29, 0.717) is 16.1 Å². The molecule has 1 aromatic carbocycles. The third-order valence-electron chi connectivity index (χ3n) is 4.51. The van der Waals surface area contributed by atoms with Crippen LogP contribution < -0.4 is 10.9 Å². The minimum atomic E-state index is -0.571. The van der Waals surface area contributed by atoms with Crippen LogP contribution in [-0.4, -0.2) is 34.2 Å². The minimum absolute atomic E-state index is 0.0542. The number of nitriles is 1. The zero-order valence-electron chi connectivity index (χ0n) is 17.6. The molecule has 10 heteroatoms. The van der Waals surface area contributed by atoms with Gasteiger partial charge >= 0.3 is 5.97 Å². The van der Waals surface area contributed by atoms with Crippen molar-refractivity contribution in [2.45, 2.75) is 25.9 Å². The van der Waals surface area contributed by atoms with Crippen molar-refractivity contribution >= 4 is 40.0 Å². The Morgan fingerprint density at radius 3 is 2.66 bits per heavy atom. The third-order valence-corrected chi connectivity index (χ3v) is 6.51. The van der Waals surface area contributed by atoms with Crippen LogP contribution in [0.2, 0.25) is 0 Å². The molecule has 0 bridgehead atoms. The van der Waals surface area contributed by atoms with Gasteiger partial charge in [0.25, 0.3) is 5.56 Å². The van der Waals surface area contributed by atoms with Crippen LogP contribution in [0.1, 0.15) is 33.3 Å². The highest BCUT2D eigenvalue weighted by Gasteiger charge is 2.22. The maximum Gasteiger partial charge on any atom is 0.341 e.